The van der Waals surface area contributed by atoms with E-state index in [0.29, 0.717) is 6.61 Å². The van der Waals surface area contributed by atoms with Gasteiger partial charge in [0.2, 0.25) is 5.91 Å². The molecule has 3 fully saturated rings. The van der Waals surface area contributed by atoms with Crippen LogP contribution >= 0.6 is 0 Å². The number of rotatable bonds is 5. The molecule has 29 heavy (non-hydrogen) atoms. The maximum atomic E-state index is 13.2. The number of carbonyl (C=O) groups excluding carboxylic acids is 2. The number of imide groups is 1. The third kappa shape index (κ3) is 3.32. The number of allylic oxidation sites excluding steroid dienone is 2. The molecule has 0 bridgehead atoms. The Morgan fingerprint density at radius 2 is 1.69 bits per heavy atom. The summed E-state index contributed by atoms with van der Waals surface area (Å²) < 4.78 is 22.9. The van der Waals surface area contributed by atoms with Crippen LogP contribution in [-0.2, 0) is 23.7 Å². The van der Waals surface area contributed by atoms with E-state index in [2.05, 4.69) is 12.2 Å². The number of ether oxygens (including phenoxy) is 4. The van der Waals surface area contributed by atoms with Crippen LogP contribution in [0.4, 0.5) is 4.79 Å². The second-order valence-electron chi connectivity index (χ2n) is 8.12. The maximum absolute atomic E-state index is 13.2. The van der Waals surface area contributed by atoms with E-state index in [9.17, 15) is 9.59 Å². The third-order valence-corrected chi connectivity index (χ3v) is 6.55. The van der Waals surface area contributed by atoms with E-state index in [4.69, 9.17) is 18.9 Å². The molecule has 2 heterocycles. The zero-order valence-corrected chi connectivity index (χ0v) is 17.5. The Morgan fingerprint density at radius 1 is 1.03 bits per heavy atom. The van der Waals surface area contributed by atoms with Gasteiger partial charge in [0.15, 0.2) is 6.23 Å². The van der Waals surface area contributed by atoms with Gasteiger partial charge in [-0.2, -0.15) is 0 Å². The molecule has 160 valence electrons. The molecule has 0 aromatic carbocycles. The molecule has 0 spiro atoms. The number of hydrogen-bond acceptors (Lipinski definition) is 6. The van der Waals surface area contributed by atoms with E-state index in [0.717, 1.165) is 25.7 Å². The Balaban J connectivity index is 1.71. The van der Waals surface area contributed by atoms with Crippen LogP contribution in [0.25, 0.3) is 0 Å². The van der Waals surface area contributed by atoms with Gasteiger partial charge in [-0.25, -0.2) is 4.79 Å². The SMILES string of the molecule is COC[C@H]1O[C@@H](N2C(=O)N(C)C(=O)[C@@H]3C=C4CCCCC4=C[C@@H]32)[C@H](OC)[C@@H]1OC. The van der Waals surface area contributed by atoms with Gasteiger partial charge in [0.25, 0.3) is 0 Å². The van der Waals surface area contributed by atoms with Gasteiger partial charge in [-0.15, -0.1) is 0 Å². The van der Waals surface area contributed by atoms with Crippen molar-refractivity contribution in [1.29, 1.82) is 0 Å². The van der Waals surface area contributed by atoms with Gasteiger partial charge < -0.3 is 18.9 Å². The minimum absolute atomic E-state index is 0.173. The summed E-state index contributed by atoms with van der Waals surface area (Å²) >= 11 is 0. The molecule has 0 N–H and O–H groups in total. The number of amides is 3. The van der Waals surface area contributed by atoms with Crippen molar-refractivity contribution in [3.8, 4) is 0 Å². The fourth-order valence-electron chi connectivity index (χ4n) is 5.09. The van der Waals surface area contributed by atoms with Gasteiger partial charge in [0, 0.05) is 28.4 Å². The first-order valence-electron chi connectivity index (χ1n) is 10.2. The molecule has 0 aromatic heterocycles. The first kappa shape index (κ1) is 20.5. The normalized spacial score (nSPS) is 37.2. The summed E-state index contributed by atoms with van der Waals surface area (Å²) in [6, 6.07) is -0.759. The van der Waals surface area contributed by atoms with Gasteiger partial charge in [-0.05, 0) is 36.8 Å². The lowest BCUT2D eigenvalue weighted by molar-refractivity contribution is -0.145. The van der Waals surface area contributed by atoms with Crippen molar-refractivity contribution >= 4 is 11.9 Å². The number of hydrogen-bond donors (Lipinski definition) is 0. The van der Waals surface area contributed by atoms with Gasteiger partial charge in [0.1, 0.15) is 18.3 Å². The molecule has 4 aliphatic rings. The highest BCUT2D eigenvalue weighted by Gasteiger charge is 2.55. The number of methoxy groups -OCH3 is 3. The molecular formula is C21H30N2O6. The van der Waals surface area contributed by atoms with E-state index in [1.807, 2.05) is 0 Å². The molecule has 2 aliphatic heterocycles. The highest BCUT2D eigenvalue weighted by molar-refractivity contribution is 6.00. The highest BCUT2D eigenvalue weighted by Crippen LogP contribution is 2.41. The van der Waals surface area contributed by atoms with Crippen LogP contribution in [0, 0.1) is 5.92 Å². The van der Waals surface area contributed by atoms with Crippen LogP contribution in [0.3, 0.4) is 0 Å². The summed E-state index contributed by atoms with van der Waals surface area (Å²) in [6.45, 7) is 0.324. The fraction of sp³-hybridized carbons (Fsp3) is 0.714. The van der Waals surface area contributed by atoms with Crippen LogP contribution in [0.15, 0.2) is 23.3 Å². The number of fused-ring (bicyclic) bond motifs is 2. The molecule has 8 nitrogen and oxygen atoms in total. The quantitative estimate of drug-likeness (QED) is 0.692. The zero-order valence-electron chi connectivity index (χ0n) is 17.5. The molecule has 0 radical (unpaired) electrons. The molecule has 4 rings (SSSR count). The van der Waals surface area contributed by atoms with E-state index in [1.165, 1.54) is 23.1 Å². The standard InChI is InChI=1S/C21H30N2O6/c1-22-19(24)14-9-12-7-5-6-8-13(12)10-15(14)23(21(22)25)20-18(28-4)17(27-3)16(29-20)11-26-2/h9-10,14-18,20H,5-8,11H2,1-4H3/t14-,15+,16-,17-,18-,20-/m1/s1. The Labute approximate surface area is 171 Å². The van der Waals surface area contributed by atoms with Crippen molar-refractivity contribution in [3.05, 3.63) is 23.3 Å². The van der Waals surface area contributed by atoms with Crippen molar-refractivity contribution in [1.82, 2.24) is 9.80 Å². The predicted octanol–water partition coefficient (Wildman–Crippen LogP) is 1.71. The largest absolute Gasteiger partial charge is 0.382 e. The molecule has 0 unspecified atom stereocenters. The molecule has 8 heteroatoms. The lowest BCUT2D eigenvalue weighted by atomic mass is 9.78. The van der Waals surface area contributed by atoms with E-state index >= 15 is 0 Å². The van der Waals surface area contributed by atoms with Crippen LogP contribution < -0.4 is 0 Å². The Hall–Kier alpha value is -1.74. The van der Waals surface area contributed by atoms with Crippen LogP contribution in [0.2, 0.25) is 0 Å². The maximum Gasteiger partial charge on any atom is 0.329 e. The van der Waals surface area contributed by atoms with E-state index in [-0.39, 0.29) is 30.2 Å². The molecule has 0 aromatic rings. The van der Waals surface area contributed by atoms with E-state index < -0.39 is 18.2 Å². The average Bonchev–Trinajstić information content (AvgIpc) is 3.08. The summed E-state index contributed by atoms with van der Waals surface area (Å²) in [4.78, 5) is 29.0. The summed E-state index contributed by atoms with van der Waals surface area (Å²) in [6.07, 6.45) is 6.50. The second kappa shape index (κ2) is 8.18. The molecule has 2 aliphatic carbocycles. The summed E-state index contributed by atoms with van der Waals surface area (Å²) in [7, 11) is 6.31. The zero-order chi connectivity index (χ0) is 20.7. The van der Waals surface area contributed by atoms with Crippen molar-refractivity contribution in [3.63, 3.8) is 0 Å². The average molecular weight is 406 g/mol. The summed E-state index contributed by atoms with van der Waals surface area (Å²) in [5, 5.41) is 0. The Morgan fingerprint density at radius 3 is 2.31 bits per heavy atom. The first-order chi connectivity index (χ1) is 14.0. The van der Waals surface area contributed by atoms with Crippen molar-refractivity contribution in [2.75, 3.05) is 35.0 Å². The minimum Gasteiger partial charge on any atom is -0.382 e. The lowest BCUT2D eigenvalue weighted by Crippen LogP contribution is -2.65. The number of carbonyl (C=O) groups is 2. The van der Waals surface area contributed by atoms with E-state index in [1.54, 1.807) is 26.2 Å². The van der Waals surface area contributed by atoms with Crippen molar-refractivity contribution < 1.29 is 28.5 Å². The summed E-state index contributed by atoms with van der Waals surface area (Å²) in [5.74, 6) is -0.577. The lowest BCUT2D eigenvalue weighted by Gasteiger charge is -2.47. The van der Waals surface area contributed by atoms with Gasteiger partial charge in [-0.1, -0.05) is 12.2 Å². The molecule has 1 saturated carbocycles. The van der Waals surface area contributed by atoms with Gasteiger partial charge >= 0.3 is 6.03 Å². The Kier molecular flexibility index (Phi) is 5.79. The summed E-state index contributed by atoms with van der Waals surface area (Å²) in [5.41, 5.74) is 2.49. The topological polar surface area (TPSA) is 77.5 Å². The smallest absolute Gasteiger partial charge is 0.329 e. The third-order valence-electron chi connectivity index (χ3n) is 6.55. The van der Waals surface area contributed by atoms with Gasteiger partial charge in [0.05, 0.1) is 18.6 Å². The highest BCUT2D eigenvalue weighted by atomic mass is 16.6. The second-order valence-corrected chi connectivity index (χ2v) is 8.12. The molecular weight excluding hydrogens is 376 g/mol. The van der Waals surface area contributed by atoms with Crippen LogP contribution in [0.1, 0.15) is 25.7 Å². The van der Waals surface area contributed by atoms with Gasteiger partial charge in [-0.3, -0.25) is 14.6 Å². The molecule has 6 atom stereocenters. The predicted molar refractivity (Wildman–Crippen MR) is 104 cm³/mol. The fourth-order valence-corrected chi connectivity index (χ4v) is 5.09. The van der Waals surface area contributed by atoms with Crippen LogP contribution in [-0.4, -0.2) is 87.3 Å². The molecule has 3 amide bonds. The van der Waals surface area contributed by atoms with Crippen LogP contribution in [0.5, 0.6) is 0 Å². The first-order valence-corrected chi connectivity index (χ1v) is 10.2. The number of urea groups is 1. The Bertz CT molecular complexity index is 735. The van der Waals surface area contributed by atoms with Crippen molar-refractivity contribution in [2.45, 2.75) is 56.3 Å². The van der Waals surface area contributed by atoms with Crippen molar-refractivity contribution in [2.24, 2.45) is 5.92 Å². The molecule has 2 saturated heterocycles. The number of nitrogens with zero attached hydrogens (tertiary/aromatic N) is 2. The monoisotopic (exact) mass is 406 g/mol. The minimum atomic E-state index is -0.670.